The number of allylic oxidation sites excluding steroid dienone is 3. The number of unbranched alkanes of at least 4 members (excludes halogenated alkanes) is 41. The van der Waals surface area contributed by atoms with Crippen molar-refractivity contribution in [1.82, 2.24) is 5.32 Å². The molecule has 1 saturated heterocycles. The van der Waals surface area contributed by atoms with Crippen LogP contribution >= 0.6 is 0 Å². The second-order valence-electron chi connectivity index (χ2n) is 22.8. The highest BCUT2D eigenvalue weighted by atomic mass is 16.7. The number of ether oxygens (including phenoxy) is 3. The molecule has 0 aliphatic carbocycles. The topological polar surface area (TPSA) is 175 Å². The van der Waals surface area contributed by atoms with Gasteiger partial charge in [-0.2, -0.15) is 0 Å². The molecule has 7 unspecified atom stereocenters. The van der Waals surface area contributed by atoms with Crippen LogP contribution in [0.2, 0.25) is 0 Å². The van der Waals surface area contributed by atoms with Crippen molar-refractivity contribution in [3.8, 4) is 0 Å². The van der Waals surface area contributed by atoms with Gasteiger partial charge in [0.1, 0.15) is 24.4 Å². The van der Waals surface area contributed by atoms with Gasteiger partial charge >= 0.3 is 5.97 Å². The van der Waals surface area contributed by atoms with Gasteiger partial charge in [0.2, 0.25) is 5.91 Å². The van der Waals surface area contributed by atoms with E-state index in [2.05, 4.69) is 31.3 Å². The van der Waals surface area contributed by atoms with E-state index < -0.39 is 49.5 Å². The zero-order valence-corrected chi connectivity index (χ0v) is 49.5. The lowest BCUT2D eigenvalue weighted by molar-refractivity contribution is -0.302. The maximum atomic E-state index is 13.0. The second-order valence-corrected chi connectivity index (χ2v) is 22.8. The van der Waals surface area contributed by atoms with E-state index in [1.807, 2.05) is 6.08 Å². The van der Waals surface area contributed by atoms with Crippen LogP contribution in [-0.2, 0) is 23.8 Å². The summed E-state index contributed by atoms with van der Waals surface area (Å²) in [5.41, 5.74) is 0. The molecule has 11 heteroatoms. The average molecular weight is 1080 g/mol. The number of aliphatic hydroxyl groups excluding tert-OH is 5. The Morgan fingerprint density at radius 3 is 1.26 bits per heavy atom. The summed E-state index contributed by atoms with van der Waals surface area (Å²) in [7, 11) is 0. The summed E-state index contributed by atoms with van der Waals surface area (Å²) in [6.45, 7) is 4.32. The minimum Gasteiger partial charge on any atom is -0.466 e. The Balaban J connectivity index is 1.97. The van der Waals surface area contributed by atoms with Crippen molar-refractivity contribution in [2.45, 2.75) is 358 Å². The number of amides is 1. The Hall–Kier alpha value is -1.86. The molecule has 0 radical (unpaired) electrons. The minimum absolute atomic E-state index is 0.00270. The van der Waals surface area contributed by atoms with E-state index in [1.54, 1.807) is 6.08 Å². The van der Waals surface area contributed by atoms with Crippen LogP contribution in [0.1, 0.15) is 316 Å². The normalized spacial score (nSPS) is 18.8. The van der Waals surface area contributed by atoms with Crippen LogP contribution in [0.25, 0.3) is 0 Å². The molecule has 0 aromatic heterocycles. The summed E-state index contributed by atoms with van der Waals surface area (Å²) in [6, 6.07) is -0.814. The van der Waals surface area contributed by atoms with Gasteiger partial charge in [-0.3, -0.25) is 9.59 Å². The quantitative estimate of drug-likeness (QED) is 0.0195. The first-order chi connectivity index (χ1) is 37.2. The lowest BCUT2D eigenvalue weighted by atomic mass is 9.99. The fourth-order valence-electron chi connectivity index (χ4n) is 10.4. The summed E-state index contributed by atoms with van der Waals surface area (Å²) in [5, 5.41) is 54.2. The number of carbonyl (C=O) groups is 2. The van der Waals surface area contributed by atoms with Crippen molar-refractivity contribution in [3.63, 3.8) is 0 Å². The van der Waals surface area contributed by atoms with E-state index in [0.29, 0.717) is 19.4 Å². The molecule has 1 aliphatic heterocycles. The Morgan fingerprint density at radius 2 is 0.842 bits per heavy atom. The SMILES string of the molecule is CCCCCCCCC/C=C/C(O)C(COC1OC(CO)C(O)C(O)C1O)NC(=O)CCCCCCCCC/C=C\CCCCCCCCCCCOC(=O)CCCCCCCCCCCCCCCCCCCCC. The third-order valence-corrected chi connectivity index (χ3v) is 15.6. The molecule has 1 amide bonds. The average Bonchev–Trinajstić information content (AvgIpc) is 3.42. The van der Waals surface area contributed by atoms with Gasteiger partial charge in [-0.1, -0.05) is 269 Å². The Morgan fingerprint density at radius 1 is 0.474 bits per heavy atom. The molecule has 1 aliphatic rings. The first kappa shape index (κ1) is 72.2. The molecule has 0 aromatic rings. The second kappa shape index (κ2) is 55.1. The minimum atomic E-state index is -1.57. The van der Waals surface area contributed by atoms with Crippen molar-refractivity contribution in [3.05, 3.63) is 24.3 Å². The predicted molar refractivity (Wildman–Crippen MR) is 315 cm³/mol. The molecular formula is C65H123NO10. The third-order valence-electron chi connectivity index (χ3n) is 15.6. The maximum absolute atomic E-state index is 13.0. The van der Waals surface area contributed by atoms with Crippen LogP contribution in [-0.4, -0.2) is 100 Å². The monoisotopic (exact) mass is 1080 g/mol. The fourth-order valence-corrected chi connectivity index (χ4v) is 10.4. The van der Waals surface area contributed by atoms with Gasteiger partial charge in [0.25, 0.3) is 0 Å². The summed E-state index contributed by atoms with van der Waals surface area (Å²) in [6.07, 6.45) is 57.3. The first-order valence-electron chi connectivity index (χ1n) is 32.6. The fraction of sp³-hybridized carbons (Fsp3) is 0.908. The number of nitrogens with one attached hydrogen (secondary N) is 1. The highest BCUT2D eigenvalue weighted by Gasteiger charge is 2.44. The number of aliphatic hydroxyl groups is 5. The van der Waals surface area contributed by atoms with Gasteiger partial charge in [-0.05, 0) is 57.8 Å². The molecular weight excluding hydrogens is 955 g/mol. The Labute approximate surface area is 467 Å². The zero-order chi connectivity index (χ0) is 55.2. The van der Waals surface area contributed by atoms with Gasteiger partial charge in [-0.15, -0.1) is 0 Å². The van der Waals surface area contributed by atoms with Crippen LogP contribution in [0, 0.1) is 0 Å². The predicted octanol–water partition coefficient (Wildman–Crippen LogP) is 15.7. The van der Waals surface area contributed by atoms with Crippen LogP contribution in [0.3, 0.4) is 0 Å². The van der Waals surface area contributed by atoms with Crippen molar-refractivity contribution in [1.29, 1.82) is 0 Å². The van der Waals surface area contributed by atoms with Gasteiger partial charge in [0, 0.05) is 12.8 Å². The van der Waals surface area contributed by atoms with Crippen LogP contribution < -0.4 is 5.32 Å². The van der Waals surface area contributed by atoms with Crippen LogP contribution in [0.5, 0.6) is 0 Å². The lowest BCUT2D eigenvalue weighted by Gasteiger charge is -2.40. The summed E-state index contributed by atoms with van der Waals surface area (Å²) in [4.78, 5) is 25.1. The van der Waals surface area contributed by atoms with E-state index in [9.17, 15) is 35.1 Å². The molecule has 1 rings (SSSR count). The van der Waals surface area contributed by atoms with Gasteiger partial charge < -0.3 is 45.1 Å². The van der Waals surface area contributed by atoms with E-state index >= 15 is 0 Å². The lowest BCUT2D eigenvalue weighted by Crippen LogP contribution is -2.60. The van der Waals surface area contributed by atoms with Crippen LogP contribution in [0.4, 0.5) is 0 Å². The van der Waals surface area contributed by atoms with E-state index in [-0.39, 0.29) is 18.5 Å². The molecule has 0 bridgehead atoms. The summed E-state index contributed by atoms with van der Waals surface area (Å²) >= 11 is 0. The van der Waals surface area contributed by atoms with E-state index in [1.165, 1.54) is 212 Å². The highest BCUT2D eigenvalue weighted by molar-refractivity contribution is 5.76. The summed E-state index contributed by atoms with van der Waals surface area (Å²) < 4.78 is 16.7. The van der Waals surface area contributed by atoms with Gasteiger partial charge in [-0.25, -0.2) is 0 Å². The molecule has 0 spiro atoms. The Bertz CT molecular complexity index is 1310. The number of hydrogen-bond acceptors (Lipinski definition) is 10. The molecule has 448 valence electrons. The number of hydrogen-bond donors (Lipinski definition) is 6. The molecule has 11 nitrogen and oxygen atoms in total. The van der Waals surface area contributed by atoms with Crippen molar-refractivity contribution >= 4 is 11.9 Å². The standard InChI is InChI=1S/C65H123NO10/c1-3-5-7-9-11-13-14-15-16-17-20-24-27-30-33-37-41-45-49-53-61(70)74-54-50-46-42-38-34-31-28-25-22-19-18-21-23-26-29-32-36-40-44-48-52-60(69)66-57(58(68)51-47-43-39-35-12-10-8-6-4-2)56-75-65-64(73)63(72)62(71)59(55-67)76-65/h18,21,47,51,57-59,62-65,67-68,71-73H,3-17,19-20,22-46,48-50,52-56H2,1-2H3,(H,66,69)/b21-18-,51-47+. The summed E-state index contributed by atoms with van der Waals surface area (Å²) in [5.74, 6) is -0.194. The van der Waals surface area contributed by atoms with Crippen LogP contribution in [0.15, 0.2) is 24.3 Å². The van der Waals surface area contributed by atoms with Gasteiger partial charge in [0.05, 0.1) is 32.0 Å². The molecule has 0 aromatic carbocycles. The zero-order valence-electron chi connectivity index (χ0n) is 49.5. The highest BCUT2D eigenvalue weighted by Crippen LogP contribution is 2.23. The molecule has 0 saturated carbocycles. The molecule has 76 heavy (non-hydrogen) atoms. The first-order valence-corrected chi connectivity index (χ1v) is 32.6. The third kappa shape index (κ3) is 44.0. The van der Waals surface area contributed by atoms with Crippen molar-refractivity contribution < 1.29 is 49.3 Å². The van der Waals surface area contributed by atoms with Crippen molar-refractivity contribution in [2.24, 2.45) is 0 Å². The number of esters is 1. The Kier molecular flexibility index (Phi) is 52.3. The van der Waals surface area contributed by atoms with E-state index in [0.717, 1.165) is 77.0 Å². The van der Waals surface area contributed by atoms with E-state index in [4.69, 9.17) is 14.2 Å². The molecule has 1 heterocycles. The smallest absolute Gasteiger partial charge is 0.305 e. The molecule has 1 fully saturated rings. The molecule has 7 atom stereocenters. The van der Waals surface area contributed by atoms with Crippen molar-refractivity contribution in [2.75, 3.05) is 19.8 Å². The molecule has 6 N–H and O–H groups in total. The maximum Gasteiger partial charge on any atom is 0.305 e. The van der Waals surface area contributed by atoms with Gasteiger partial charge in [0.15, 0.2) is 6.29 Å². The number of rotatable bonds is 57. The number of carbonyl (C=O) groups excluding carboxylic acids is 2. The largest absolute Gasteiger partial charge is 0.466 e.